The third kappa shape index (κ3) is 5.81. The second-order valence-corrected chi connectivity index (χ2v) is 17.0. The first-order valence-corrected chi connectivity index (χ1v) is 21.8. The van der Waals surface area contributed by atoms with Crippen molar-refractivity contribution in [2.75, 3.05) is 0 Å². The molecule has 0 bridgehead atoms. The van der Waals surface area contributed by atoms with Crippen LogP contribution < -0.4 is 0 Å². The monoisotopic (exact) mass is 776 g/mol. The fourth-order valence-electron chi connectivity index (χ4n) is 10.7. The Labute approximate surface area is 358 Å². The summed E-state index contributed by atoms with van der Waals surface area (Å²) in [6, 6.07) is 73.3. The van der Waals surface area contributed by atoms with Gasteiger partial charge in [0, 0.05) is 5.92 Å². The Morgan fingerprint density at radius 1 is 0.459 bits per heavy atom. The van der Waals surface area contributed by atoms with Gasteiger partial charge in [-0.05, 0) is 136 Å². The van der Waals surface area contributed by atoms with Gasteiger partial charge in [0.25, 0.3) is 0 Å². The Morgan fingerprint density at radius 2 is 1.15 bits per heavy atom. The topological polar surface area (TPSA) is 0 Å². The van der Waals surface area contributed by atoms with Gasteiger partial charge in [0.1, 0.15) is 0 Å². The third-order valence-corrected chi connectivity index (χ3v) is 13.7. The Balaban J connectivity index is 1.13. The molecule has 0 saturated heterocycles. The van der Waals surface area contributed by atoms with Crippen LogP contribution in [0.2, 0.25) is 0 Å². The minimum absolute atomic E-state index is 0.278. The van der Waals surface area contributed by atoms with Gasteiger partial charge in [-0.15, -0.1) is 0 Å². The maximum Gasteiger partial charge on any atom is 0.0714 e. The van der Waals surface area contributed by atoms with E-state index in [4.69, 9.17) is 0 Å². The summed E-state index contributed by atoms with van der Waals surface area (Å²) >= 11 is 0. The maximum atomic E-state index is 2.59. The molecule has 288 valence electrons. The highest BCUT2D eigenvalue weighted by Crippen LogP contribution is 2.60. The van der Waals surface area contributed by atoms with Crippen LogP contribution in [-0.2, 0) is 11.8 Å². The van der Waals surface area contributed by atoms with E-state index >= 15 is 0 Å². The van der Waals surface area contributed by atoms with E-state index in [1.807, 2.05) is 0 Å². The van der Waals surface area contributed by atoms with E-state index in [1.54, 1.807) is 0 Å². The standard InChI is InChI=1S/C61H44/c1-3-13-41(14-4-1)45-23-25-47(26-24-45)51-33-36-56-58(39-51)61(52-34-31-43-17-7-9-19-49(43)37-52,53-35-32-44-18-8-10-20-50(44)38-53)59-40-57(54-21-11-12-22-55(54)60(56)59)48-29-27-46(28-30-48)42-15-5-2-6-16-42/h1-9,11-19,21-25,27-40,47H,10,20,26H2. The molecule has 0 aromatic heterocycles. The molecule has 0 nitrogen and oxygen atoms in total. The predicted octanol–water partition coefficient (Wildman–Crippen LogP) is 15.8. The average molecular weight is 777 g/mol. The fourth-order valence-corrected chi connectivity index (χ4v) is 10.7. The van der Waals surface area contributed by atoms with E-state index in [0.717, 1.165) is 19.3 Å². The van der Waals surface area contributed by atoms with E-state index in [0.29, 0.717) is 0 Å². The van der Waals surface area contributed by atoms with Gasteiger partial charge in [0.15, 0.2) is 0 Å². The van der Waals surface area contributed by atoms with E-state index in [1.165, 1.54) is 105 Å². The molecule has 2 unspecified atom stereocenters. The predicted molar refractivity (Wildman–Crippen MR) is 258 cm³/mol. The van der Waals surface area contributed by atoms with Gasteiger partial charge in [0.05, 0.1) is 5.41 Å². The highest BCUT2D eigenvalue weighted by molar-refractivity contribution is 6.10. The van der Waals surface area contributed by atoms with Gasteiger partial charge in [-0.1, -0.05) is 212 Å². The van der Waals surface area contributed by atoms with E-state index in [-0.39, 0.29) is 5.92 Å². The highest BCUT2D eigenvalue weighted by atomic mass is 14.5. The van der Waals surface area contributed by atoms with Crippen LogP contribution in [0.25, 0.3) is 66.6 Å². The SMILES string of the molecule is C1=Cc2ccc(C3(c4ccc5ccccc5c4)c4cc(C5C=CC(c6ccccc6)=CC5)ccc4-c4c3cc(-c3ccc(-c5ccccc5)cc3)c3ccccc43)cc2CC1. The van der Waals surface area contributed by atoms with E-state index in [2.05, 4.69) is 225 Å². The van der Waals surface area contributed by atoms with Crippen LogP contribution >= 0.6 is 0 Å². The van der Waals surface area contributed by atoms with Crippen molar-refractivity contribution in [3.8, 4) is 33.4 Å². The van der Waals surface area contributed by atoms with Crippen LogP contribution in [0, 0.1) is 0 Å². The number of aryl methyl sites for hydroxylation is 1. The summed E-state index contributed by atoms with van der Waals surface area (Å²) in [5.41, 5.74) is 19.1. The molecular formula is C61H44. The molecular weight excluding hydrogens is 733 g/mol. The van der Waals surface area contributed by atoms with Crippen LogP contribution in [-0.4, -0.2) is 0 Å². The van der Waals surface area contributed by atoms with Crippen molar-refractivity contribution in [1.29, 1.82) is 0 Å². The molecule has 12 rings (SSSR count). The van der Waals surface area contributed by atoms with Crippen LogP contribution in [0.15, 0.2) is 218 Å². The van der Waals surface area contributed by atoms with Gasteiger partial charge in [-0.25, -0.2) is 0 Å². The molecule has 9 aromatic carbocycles. The number of rotatable bonds is 6. The minimum Gasteiger partial charge on any atom is -0.0836 e. The van der Waals surface area contributed by atoms with Crippen LogP contribution in [0.5, 0.6) is 0 Å². The van der Waals surface area contributed by atoms with Gasteiger partial charge in [-0.2, -0.15) is 0 Å². The van der Waals surface area contributed by atoms with Gasteiger partial charge >= 0.3 is 0 Å². The largest absolute Gasteiger partial charge is 0.0836 e. The summed E-state index contributed by atoms with van der Waals surface area (Å²) in [4.78, 5) is 0. The first-order chi connectivity index (χ1) is 30.2. The molecule has 2 atom stereocenters. The summed E-state index contributed by atoms with van der Waals surface area (Å²) in [6.07, 6.45) is 14.9. The molecule has 0 saturated carbocycles. The highest BCUT2D eigenvalue weighted by Gasteiger charge is 2.48. The quantitative estimate of drug-likeness (QED) is 0.158. The molecule has 0 heterocycles. The molecule has 9 aromatic rings. The van der Waals surface area contributed by atoms with Crippen LogP contribution in [0.3, 0.4) is 0 Å². The normalized spacial score (nSPS) is 17.5. The molecule has 61 heavy (non-hydrogen) atoms. The summed E-state index contributed by atoms with van der Waals surface area (Å²) in [6.45, 7) is 0. The zero-order valence-electron chi connectivity index (χ0n) is 34.1. The van der Waals surface area contributed by atoms with Crippen molar-refractivity contribution < 1.29 is 0 Å². The lowest BCUT2D eigenvalue weighted by Crippen LogP contribution is -2.29. The molecule has 0 amide bonds. The van der Waals surface area contributed by atoms with Crippen molar-refractivity contribution in [3.63, 3.8) is 0 Å². The zero-order valence-corrected chi connectivity index (χ0v) is 34.1. The molecule has 0 spiro atoms. The first-order valence-electron chi connectivity index (χ1n) is 21.8. The van der Waals surface area contributed by atoms with Crippen LogP contribution in [0.4, 0.5) is 0 Å². The molecule has 0 aliphatic heterocycles. The molecule has 0 heteroatoms. The smallest absolute Gasteiger partial charge is 0.0714 e. The Morgan fingerprint density at radius 3 is 1.95 bits per heavy atom. The van der Waals surface area contributed by atoms with Gasteiger partial charge in [-0.3, -0.25) is 0 Å². The lowest BCUT2D eigenvalue weighted by atomic mass is 9.66. The zero-order chi connectivity index (χ0) is 40.3. The average Bonchev–Trinajstić information content (AvgIpc) is 3.64. The number of benzene rings is 9. The van der Waals surface area contributed by atoms with Crippen LogP contribution in [0.1, 0.15) is 63.3 Å². The van der Waals surface area contributed by atoms with E-state index in [9.17, 15) is 0 Å². The second-order valence-electron chi connectivity index (χ2n) is 17.0. The first kappa shape index (κ1) is 35.6. The van der Waals surface area contributed by atoms with Crippen molar-refractivity contribution in [1.82, 2.24) is 0 Å². The lowest BCUT2D eigenvalue weighted by Gasteiger charge is -2.36. The molecule has 3 aliphatic rings. The summed E-state index contributed by atoms with van der Waals surface area (Å²) < 4.78 is 0. The minimum atomic E-state index is -0.576. The Hall–Kier alpha value is -7.28. The molecule has 0 fully saturated rings. The molecule has 3 aliphatic carbocycles. The lowest BCUT2D eigenvalue weighted by molar-refractivity contribution is 0.760. The number of fused-ring (bicyclic) bond motifs is 7. The Kier molecular flexibility index (Phi) is 8.46. The summed E-state index contributed by atoms with van der Waals surface area (Å²) in [7, 11) is 0. The second kappa shape index (κ2) is 14.5. The third-order valence-electron chi connectivity index (χ3n) is 13.7. The van der Waals surface area contributed by atoms with Gasteiger partial charge in [0.2, 0.25) is 0 Å². The van der Waals surface area contributed by atoms with Crippen molar-refractivity contribution in [2.45, 2.75) is 30.6 Å². The summed E-state index contributed by atoms with van der Waals surface area (Å²) in [5.74, 6) is 0.278. The maximum absolute atomic E-state index is 2.59. The number of hydrogen-bond acceptors (Lipinski definition) is 0. The van der Waals surface area contributed by atoms with Crippen molar-refractivity contribution in [2.24, 2.45) is 0 Å². The Bertz CT molecular complexity index is 3250. The number of hydrogen-bond donors (Lipinski definition) is 0. The van der Waals surface area contributed by atoms with Gasteiger partial charge < -0.3 is 0 Å². The fraction of sp³-hybridized carbons (Fsp3) is 0.0820. The van der Waals surface area contributed by atoms with Crippen molar-refractivity contribution in [3.05, 3.63) is 263 Å². The van der Waals surface area contributed by atoms with Crippen molar-refractivity contribution >= 4 is 33.2 Å². The van der Waals surface area contributed by atoms with E-state index < -0.39 is 5.41 Å². The summed E-state index contributed by atoms with van der Waals surface area (Å²) in [5, 5.41) is 5.10. The molecule has 0 N–H and O–H groups in total. The number of allylic oxidation sites excluding steroid dienone is 5. The molecule has 0 radical (unpaired) electrons.